The first-order valence-corrected chi connectivity index (χ1v) is 12.2. The van der Waals surface area contributed by atoms with Gasteiger partial charge in [-0.2, -0.15) is 5.10 Å². The quantitative estimate of drug-likeness (QED) is 0.405. The summed E-state index contributed by atoms with van der Waals surface area (Å²) in [6.45, 7) is 3.74. The number of carbonyl (C=O) groups excluding carboxylic acids is 1. The fourth-order valence-corrected chi connectivity index (χ4v) is 4.79. The van der Waals surface area contributed by atoms with Crippen LogP contribution in [0, 0.1) is 6.92 Å². The normalized spacial score (nSPS) is 12.3. The zero-order chi connectivity index (χ0) is 24.1. The lowest BCUT2D eigenvalue weighted by Gasteiger charge is -2.16. The van der Waals surface area contributed by atoms with Crippen molar-refractivity contribution in [2.24, 2.45) is 0 Å². The number of nitrogens with zero attached hydrogens (tertiary/aromatic N) is 3. The summed E-state index contributed by atoms with van der Waals surface area (Å²) in [7, 11) is -3.80. The van der Waals surface area contributed by atoms with Crippen LogP contribution < -0.4 is 10.0 Å². The Balaban J connectivity index is 1.46. The summed E-state index contributed by atoms with van der Waals surface area (Å²) in [5.41, 5.74) is 3.45. The largest absolute Gasteiger partial charge is 0.346 e. The van der Waals surface area contributed by atoms with Gasteiger partial charge >= 0.3 is 0 Å². The van der Waals surface area contributed by atoms with Gasteiger partial charge in [0.05, 0.1) is 16.6 Å². The minimum Gasteiger partial charge on any atom is -0.346 e. The Morgan fingerprint density at radius 2 is 1.76 bits per heavy atom. The first-order valence-electron chi connectivity index (χ1n) is 10.7. The molecule has 0 unspecified atom stereocenters. The number of nitrogens with one attached hydrogen (secondary N) is 2. The maximum absolute atomic E-state index is 12.9. The number of hydrogen-bond donors (Lipinski definition) is 2. The van der Waals surface area contributed by atoms with Crippen molar-refractivity contribution in [3.8, 4) is 5.69 Å². The molecular weight excluding hydrogens is 450 g/mol. The van der Waals surface area contributed by atoms with E-state index in [0.717, 1.165) is 16.8 Å². The second kappa shape index (κ2) is 9.98. The molecule has 4 aromatic rings. The van der Waals surface area contributed by atoms with Gasteiger partial charge in [0, 0.05) is 12.1 Å². The van der Waals surface area contributed by atoms with Crippen molar-refractivity contribution in [3.63, 3.8) is 0 Å². The van der Waals surface area contributed by atoms with Crippen molar-refractivity contribution in [3.05, 3.63) is 108 Å². The van der Waals surface area contributed by atoms with Crippen LogP contribution >= 0.6 is 0 Å². The summed E-state index contributed by atoms with van der Waals surface area (Å²) >= 11 is 0. The zero-order valence-electron chi connectivity index (χ0n) is 18.8. The molecule has 174 valence electrons. The molecule has 8 nitrogen and oxygen atoms in total. The molecule has 0 saturated carbocycles. The lowest BCUT2D eigenvalue weighted by molar-refractivity contribution is 0.0939. The van der Waals surface area contributed by atoms with Crippen molar-refractivity contribution in [1.82, 2.24) is 24.8 Å². The van der Waals surface area contributed by atoms with E-state index in [1.807, 2.05) is 61.5 Å². The molecule has 0 spiro atoms. The summed E-state index contributed by atoms with van der Waals surface area (Å²) in [5.74, 6) is -0.354. The van der Waals surface area contributed by atoms with Crippen molar-refractivity contribution < 1.29 is 13.2 Å². The smallest absolute Gasteiger partial charge is 0.251 e. The van der Waals surface area contributed by atoms with Crippen LogP contribution in [0.5, 0.6) is 0 Å². The minimum atomic E-state index is -3.80. The van der Waals surface area contributed by atoms with Gasteiger partial charge in [-0.05, 0) is 54.8 Å². The van der Waals surface area contributed by atoms with Gasteiger partial charge < -0.3 is 5.32 Å². The van der Waals surface area contributed by atoms with Gasteiger partial charge in [0.25, 0.3) is 5.91 Å². The van der Waals surface area contributed by atoms with Crippen LogP contribution in [0.2, 0.25) is 0 Å². The van der Waals surface area contributed by atoms with E-state index < -0.39 is 10.0 Å². The predicted octanol–water partition coefficient (Wildman–Crippen LogP) is 3.55. The third-order valence-corrected chi connectivity index (χ3v) is 7.02. The lowest BCUT2D eigenvalue weighted by Crippen LogP contribution is -2.28. The van der Waals surface area contributed by atoms with Gasteiger partial charge in [0.15, 0.2) is 0 Å². The lowest BCUT2D eigenvalue weighted by atomic mass is 10.1. The van der Waals surface area contributed by atoms with Crippen LogP contribution in [0.25, 0.3) is 5.69 Å². The summed E-state index contributed by atoms with van der Waals surface area (Å²) in [6.07, 6.45) is 3.07. The summed E-state index contributed by atoms with van der Waals surface area (Å²) in [6, 6.07) is 21.3. The van der Waals surface area contributed by atoms with E-state index in [1.54, 1.807) is 30.1 Å². The number of carbonyl (C=O) groups is 1. The molecule has 0 fully saturated rings. The first kappa shape index (κ1) is 23.3. The molecule has 0 aliphatic heterocycles. The Morgan fingerprint density at radius 1 is 1.03 bits per heavy atom. The molecular formula is C25H25N5O3S. The van der Waals surface area contributed by atoms with E-state index >= 15 is 0 Å². The Morgan fingerprint density at radius 3 is 2.44 bits per heavy atom. The number of sulfonamides is 1. The number of amides is 1. The third-order valence-electron chi connectivity index (χ3n) is 5.47. The molecule has 0 aliphatic carbocycles. The Hall–Kier alpha value is -3.82. The molecule has 0 radical (unpaired) electrons. The molecule has 0 saturated heterocycles. The van der Waals surface area contributed by atoms with E-state index in [9.17, 15) is 13.2 Å². The number of hydrogen-bond acceptors (Lipinski definition) is 5. The zero-order valence-corrected chi connectivity index (χ0v) is 19.7. The summed E-state index contributed by atoms with van der Waals surface area (Å²) in [4.78, 5) is 16.9. The Bertz CT molecular complexity index is 1370. The van der Waals surface area contributed by atoms with Crippen molar-refractivity contribution in [2.45, 2.75) is 31.3 Å². The molecule has 3 aromatic carbocycles. The maximum Gasteiger partial charge on any atom is 0.251 e. The number of aryl methyl sites for hydroxylation is 1. The molecule has 1 amide bonds. The SMILES string of the molecule is Cc1ccc(C(=O)N[C@@H](C)c2ccc(-n3cncn3)cc2)cc1S(=O)(=O)NCc1ccccc1. The summed E-state index contributed by atoms with van der Waals surface area (Å²) in [5, 5.41) is 7.03. The van der Waals surface area contributed by atoms with Gasteiger partial charge in [0.1, 0.15) is 12.7 Å². The molecule has 1 heterocycles. The highest BCUT2D eigenvalue weighted by atomic mass is 32.2. The molecule has 9 heteroatoms. The number of rotatable bonds is 8. The fourth-order valence-electron chi connectivity index (χ4n) is 3.50. The highest BCUT2D eigenvalue weighted by Crippen LogP contribution is 2.20. The van der Waals surface area contributed by atoms with Gasteiger partial charge in [-0.15, -0.1) is 0 Å². The van der Waals surface area contributed by atoms with Gasteiger partial charge in [-0.25, -0.2) is 22.8 Å². The monoisotopic (exact) mass is 475 g/mol. The van der Waals surface area contributed by atoms with Crippen LogP contribution in [0.4, 0.5) is 0 Å². The Kier molecular flexibility index (Phi) is 6.85. The molecule has 0 aliphatic rings. The van der Waals surface area contributed by atoms with E-state index in [-0.39, 0.29) is 29.0 Å². The average Bonchev–Trinajstić information content (AvgIpc) is 3.39. The van der Waals surface area contributed by atoms with E-state index in [4.69, 9.17) is 0 Å². The van der Waals surface area contributed by atoms with E-state index in [1.165, 1.54) is 12.4 Å². The van der Waals surface area contributed by atoms with Crippen LogP contribution in [0.1, 0.15) is 40.0 Å². The van der Waals surface area contributed by atoms with Gasteiger partial charge in [-0.3, -0.25) is 4.79 Å². The molecule has 1 atom stereocenters. The molecule has 34 heavy (non-hydrogen) atoms. The van der Waals surface area contributed by atoms with Crippen molar-refractivity contribution in [2.75, 3.05) is 0 Å². The van der Waals surface area contributed by atoms with Gasteiger partial charge in [-0.1, -0.05) is 48.5 Å². The Labute approximate surface area is 198 Å². The average molecular weight is 476 g/mol. The molecule has 0 bridgehead atoms. The van der Waals surface area contributed by atoms with Crippen LogP contribution in [0.3, 0.4) is 0 Å². The van der Waals surface area contributed by atoms with Crippen molar-refractivity contribution in [1.29, 1.82) is 0 Å². The van der Waals surface area contributed by atoms with Crippen molar-refractivity contribution >= 4 is 15.9 Å². The highest BCUT2D eigenvalue weighted by molar-refractivity contribution is 7.89. The topological polar surface area (TPSA) is 106 Å². The fraction of sp³-hybridized carbons (Fsp3) is 0.160. The van der Waals surface area contributed by atoms with E-state index in [2.05, 4.69) is 20.1 Å². The standard InChI is InChI=1S/C25H25N5O3S/c1-18-8-9-22(14-24(18)34(32,33)28-15-20-6-4-3-5-7-20)25(31)29-19(2)21-10-12-23(13-11-21)30-17-26-16-27-30/h3-14,16-17,19,28H,15H2,1-2H3,(H,29,31)/t19-/m0/s1. The van der Waals surface area contributed by atoms with Gasteiger partial charge in [0.2, 0.25) is 10.0 Å². The number of aromatic nitrogens is 3. The minimum absolute atomic E-state index is 0.0842. The molecule has 1 aromatic heterocycles. The second-order valence-corrected chi connectivity index (χ2v) is 9.65. The maximum atomic E-state index is 12.9. The highest BCUT2D eigenvalue weighted by Gasteiger charge is 2.20. The number of benzene rings is 3. The summed E-state index contributed by atoms with van der Waals surface area (Å²) < 4.78 is 30.1. The van der Waals surface area contributed by atoms with Crippen LogP contribution in [-0.2, 0) is 16.6 Å². The molecule has 2 N–H and O–H groups in total. The van der Waals surface area contributed by atoms with Crippen LogP contribution in [-0.4, -0.2) is 29.1 Å². The predicted molar refractivity (Wildman–Crippen MR) is 129 cm³/mol. The first-order chi connectivity index (χ1) is 16.3. The molecule has 4 rings (SSSR count). The second-order valence-electron chi connectivity index (χ2n) is 7.92. The third kappa shape index (κ3) is 5.38. The van der Waals surface area contributed by atoms with E-state index in [0.29, 0.717) is 5.56 Å². The van der Waals surface area contributed by atoms with Crippen LogP contribution in [0.15, 0.2) is 90.3 Å².